The molecule has 0 aliphatic heterocycles. The third-order valence-electron chi connectivity index (χ3n) is 3.29. The highest BCUT2D eigenvalue weighted by Crippen LogP contribution is 2.31. The van der Waals surface area contributed by atoms with Crippen LogP contribution < -0.4 is 4.74 Å². The molecule has 0 aliphatic carbocycles. The maximum atomic E-state index is 12.7. The smallest absolute Gasteiger partial charge is 0.243 e. The maximum absolute atomic E-state index is 12.7. The molecule has 0 atom stereocenters. The van der Waals surface area contributed by atoms with E-state index >= 15 is 0 Å². The summed E-state index contributed by atoms with van der Waals surface area (Å²) in [5, 5.41) is 0.739. The van der Waals surface area contributed by atoms with Gasteiger partial charge in [-0.05, 0) is 27.6 Å². The summed E-state index contributed by atoms with van der Waals surface area (Å²) in [5.74, 6) is 0.188. The molecule has 2 aromatic heterocycles. The molecule has 2 heterocycles. The number of hydrogen-bond acceptors (Lipinski definition) is 4. The normalized spacial score (nSPS) is 11.7. The van der Waals surface area contributed by atoms with Gasteiger partial charge < -0.3 is 4.74 Å². The summed E-state index contributed by atoms with van der Waals surface area (Å²) in [6.07, 6.45) is 3.12. The Hall–Kier alpha value is -1.86. The van der Waals surface area contributed by atoms with E-state index in [1.54, 1.807) is 24.4 Å². The highest BCUT2D eigenvalue weighted by Gasteiger charge is 2.21. The fourth-order valence-corrected chi connectivity index (χ4v) is 4.17. The first-order chi connectivity index (χ1) is 10.5. The molecule has 3 rings (SSSR count). The Kier molecular flexibility index (Phi) is 3.92. The number of hydrogen-bond donors (Lipinski definition) is 0. The Morgan fingerprint density at radius 1 is 1.23 bits per heavy atom. The van der Waals surface area contributed by atoms with Crippen molar-refractivity contribution in [1.82, 2.24) is 8.96 Å². The van der Waals surface area contributed by atoms with Gasteiger partial charge in [-0.3, -0.25) is 0 Å². The summed E-state index contributed by atoms with van der Waals surface area (Å²) < 4.78 is 32.6. The first kappa shape index (κ1) is 15.1. The van der Waals surface area contributed by atoms with Crippen LogP contribution in [0, 0.1) is 0 Å². The molecule has 0 spiro atoms. The second kappa shape index (κ2) is 5.73. The number of halogens is 1. The zero-order chi connectivity index (χ0) is 15.7. The average molecular weight is 381 g/mol. The molecule has 0 radical (unpaired) electrons. The lowest BCUT2D eigenvalue weighted by molar-refractivity contribution is 0.402. The van der Waals surface area contributed by atoms with Crippen LogP contribution in [0.5, 0.6) is 5.88 Å². The monoisotopic (exact) mass is 380 g/mol. The van der Waals surface area contributed by atoms with Gasteiger partial charge in [-0.25, -0.2) is 17.4 Å². The summed E-state index contributed by atoms with van der Waals surface area (Å²) in [6.45, 7) is 0. The predicted octanol–water partition coefficient (Wildman–Crippen LogP) is 3.19. The van der Waals surface area contributed by atoms with Gasteiger partial charge in [0.1, 0.15) is 5.52 Å². The van der Waals surface area contributed by atoms with E-state index < -0.39 is 10.0 Å². The molecule has 0 N–H and O–H groups in total. The molecule has 0 aliphatic rings. The molecule has 0 amide bonds. The summed E-state index contributed by atoms with van der Waals surface area (Å²) in [6, 6.07) is 10.8. The second-order valence-corrected chi connectivity index (χ2v) is 7.43. The number of fused-ring (bicyclic) bond motifs is 1. The number of ether oxygens (including phenoxy) is 1. The van der Waals surface area contributed by atoms with Crippen LogP contribution in [-0.2, 0) is 15.8 Å². The standard InChI is InChI=1S/C15H13BrN2O3S/c1-21-15-14-12(13(16)9-17-15)7-8-18(14)22(19,20)10-11-5-3-2-4-6-11/h2-9H,10H2,1H3. The predicted molar refractivity (Wildman–Crippen MR) is 88.4 cm³/mol. The van der Waals surface area contributed by atoms with Gasteiger partial charge in [-0.2, -0.15) is 0 Å². The van der Waals surface area contributed by atoms with Gasteiger partial charge in [-0.15, -0.1) is 0 Å². The van der Waals surface area contributed by atoms with Crippen molar-refractivity contribution in [2.24, 2.45) is 0 Å². The van der Waals surface area contributed by atoms with Gasteiger partial charge in [0.15, 0.2) is 0 Å². The molecule has 0 bridgehead atoms. The molecular weight excluding hydrogens is 368 g/mol. The topological polar surface area (TPSA) is 61.2 Å². The summed E-state index contributed by atoms with van der Waals surface area (Å²) in [4.78, 5) is 4.12. The zero-order valence-electron chi connectivity index (χ0n) is 11.7. The molecule has 0 unspecified atom stereocenters. The molecule has 0 fully saturated rings. The Bertz CT molecular complexity index is 921. The highest BCUT2D eigenvalue weighted by atomic mass is 79.9. The van der Waals surface area contributed by atoms with E-state index in [0.717, 1.165) is 15.4 Å². The number of methoxy groups -OCH3 is 1. The molecule has 7 heteroatoms. The van der Waals surface area contributed by atoms with Crippen molar-refractivity contribution in [3.8, 4) is 5.88 Å². The van der Waals surface area contributed by atoms with Crippen molar-refractivity contribution in [3.05, 3.63) is 58.8 Å². The van der Waals surface area contributed by atoms with E-state index in [-0.39, 0.29) is 11.6 Å². The van der Waals surface area contributed by atoms with Crippen molar-refractivity contribution in [2.75, 3.05) is 7.11 Å². The zero-order valence-corrected chi connectivity index (χ0v) is 14.1. The van der Waals surface area contributed by atoms with Crippen LogP contribution in [0.1, 0.15) is 5.56 Å². The van der Waals surface area contributed by atoms with Crippen molar-refractivity contribution >= 4 is 36.9 Å². The van der Waals surface area contributed by atoms with E-state index in [9.17, 15) is 8.42 Å². The Labute approximate surface area is 136 Å². The lowest BCUT2D eigenvalue weighted by Gasteiger charge is -2.10. The fourth-order valence-electron chi connectivity index (χ4n) is 2.30. The minimum atomic E-state index is -3.57. The molecule has 114 valence electrons. The summed E-state index contributed by atoms with van der Waals surface area (Å²) in [7, 11) is -2.10. The van der Waals surface area contributed by atoms with Crippen LogP contribution in [0.2, 0.25) is 0 Å². The Morgan fingerprint density at radius 2 is 1.95 bits per heavy atom. The molecular formula is C15H13BrN2O3S. The number of benzene rings is 1. The summed E-state index contributed by atoms with van der Waals surface area (Å²) >= 11 is 3.38. The van der Waals surface area contributed by atoms with Crippen LogP contribution in [0.4, 0.5) is 0 Å². The van der Waals surface area contributed by atoms with Crippen LogP contribution in [0.3, 0.4) is 0 Å². The van der Waals surface area contributed by atoms with Crippen LogP contribution >= 0.6 is 15.9 Å². The van der Waals surface area contributed by atoms with Gasteiger partial charge in [0.2, 0.25) is 15.9 Å². The van der Waals surface area contributed by atoms with Crippen LogP contribution in [0.25, 0.3) is 10.9 Å². The molecule has 1 aromatic carbocycles. The maximum Gasteiger partial charge on any atom is 0.243 e. The van der Waals surface area contributed by atoms with Crippen molar-refractivity contribution in [2.45, 2.75) is 5.75 Å². The van der Waals surface area contributed by atoms with E-state index in [1.165, 1.54) is 17.3 Å². The van der Waals surface area contributed by atoms with Crippen molar-refractivity contribution in [1.29, 1.82) is 0 Å². The second-order valence-electron chi connectivity index (χ2n) is 4.73. The van der Waals surface area contributed by atoms with E-state index in [1.807, 2.05) is 18.2 Å². The first-order valence-corrected chi connectivity index (χ1v) is 8.90. The molecule has 22 heavy (non-hydrogen) atoms. The molecule has 0 saturated heterocycles. The highest BCUT2D eigenvalue weighted by molar-refractivity contribution is 9.10. The van der Waals surface area contributed by atoms with Gasteiger partial charge in [0, 0.05) is 22.3 Å². The quantitative estimate of drug-likeness (QED) is 0.697. The van der Waals surface area contributed by atoms with Gasteiger partial charge in [0.05, 0.1) is 12.9 Å². The number of rotatable bonds is 4. The first-order valence-electron chi connectivity index (χ1n) is 6.49. The largest absolute Gasteiger partial charge is 0.479 e. The number of aromatic nitrogens is 2. The number of pyridine rings is 1. The summed E-state index contributed by atoms with van der Waals surface area (Å²) in [5.41, 5.74) is 1.17. The Morgan fingerprint density at radius 3 is 2.64 bits per heavy atom. The van der Waals surface area contributed by atoms with Crippen molar-refractivity contribution in [3.63, 3.8) is 0 Å². The molecule has 0 saturated carbocycles. The third-order valence-corrected chi connectivity index (χ3v) is 5.53. The van der Waals surface area contributed by atoms with E-state index in [0.29, 0.717) is 5.52 Å². The van der Waals surface area contributed by atoms with E-state index in [4.69, 9.17) is 4.74 Å². The average Bonchev–Trinajstić information content (AvgIpc) is 2.95. The minimum Gasteiger partial charge on any atom is -0.479 e. The number of nitrogens with zero attached hydrogens (tertiary/aromatic N) is 2. The van der Waals surface area contributed by atoms with Crippen LogP contribution in [0.15, 0.2) is 53.3 Å². The van der Waals surface area contributed by atoms with Crippen LogP contribution in [-0.4, -0.2) is 24.5 Å². The third kappa shape index (κ3) is 2.62. The lowest BCUT2D eigenvalue weighted by atomic mass is 10.2. The SMILES string of the molecule is COc1ncc(Br)c2ccn(S(=O)(=O)Cc3ccccc3)c12. The Balaban J connectivity index is 2.15. The van der Waals surface area contributed by atoms with Gasteiger partial charge in [0.25, 0.3) is 0 Å². The van der Waals surface area contributed by atoms with E-state index in [2.05, 4.69) is 20.9 Å². The minimum absolute atomic E-state index is 0.0900. The lowest BCUT2D eigenvalue weighted by Crippen LogP contribution is -2.14. The fraction of sp³-hybridized carbons (Fsp3) is 0.133. The van der Waals surface area contributed by atoms with Crippen molar-refractivity contribution < 1.29 is 13.2 Å². The molecule has 5 nitrogen and oxygen atoms in total. The molecule has 3 aromatic rings. The van der Waals surface area contributed by atoms with Gasteiger partial charge in [-0.1, -0.05) is 30.3 Å². The van der Waals surface area contributed by atoms with Gasteiger partial charge >= 0.3 is 0 Å².